The topological polar surface area (TPSA) is 3.88 Å². The van der Waals surface area contributed by atoms with Crippen LogP contribution in [0.15, 0.2) is 54.7 Å². The van der Waals surface area contributed by atoms with Crippen LogP contribution in [0, 0.1) is 6.92 Å². The molecular formula is C25H28N+. The third-order valence-corrected chi connectivity index (χ3v) is 5.96. The number of fused-ring (bicyclic) bond motifs is 3. The Labute approximate surface area is 157 Å². The lowest BCUT2D eigenvalue weighted by molar-refractivity contribution is -0.660. The predicted molar refractivity (Wildman–Crippen MR) is 109 cm³/mol. The minimum absolute atomic E-state index is 0.0127. The van der Waals surface area contributed by atoms with Crippen LogP contribution in [0.5, 0.6) is 0 Å². The Morgan fingerprint density at radius 1 is 0.923 bits per heavy atom. The quantitative estimate of drug-likeness (QED) is 0.509. The number of nitrogens with zero attached hydrogens (tertiary/aromatic N) is 1. The van der Waals surface area contributed by atoms with Crippen LogP contribution in [0.3, 0.4) is 0 Å². The molecule has 1 aliphatic carbocycles. The van der Waals surface area contributed by atoms with Crippen LogP contribution < -0.4 is 4.57 Å². The second kappa shape index (κ2) is 5.81. The Kier molecular flexibility index (Phi) is 3.80. The van der Waals surface area contributed by atoms with Crippen LogP contribution in [0.4, 0.5) is 0 Å². The summed E-state index contributed by atoms with van der Waals surface area (Å²) in [7, 11) is 2.18. The molecule has 0 radical (unpaired) electrons. The summed E-state index contributed by atoms with van der Waals surface area (Å²) in [5.74, 6) is 0.521. The van der Waals surface area contributed by atoms with Crippen molar-refractivity contribution in [1.82, 2.24) is 0 Å². The SMILES string of the molecule is Cc1cc(-c2ccccc2)cc2c1-c1c(c(C(C)C)cc[n+]1C)C2(C)C. The number of aryl methyl sites for hydroxylation is 2. The molecule has 0 saturated heterocycles. The van der Waals surface area contributed by atoms with Crippen LogP contribution in [-0.4, -0.2) is 0 Å². The van der Waals surface area contributed by atoms with E-state index in [0.29, 0.717) is 5.92 Å². The molecule has 4 rings (SSSR count). The van der Waals surface area contributed by atoms with Gasteiger partial charge in [-0.15, -0.1) is 0 Å². The van der Waals surface area contributed by atoms with Crippen molar-refractivity contribution in [2.45, 2.75) is 46.0 Å². The van der Waals surface area contributed by atoms with E-state index < -0.39 is 0 Å². The van der Waals surface area contributed by atoms with Crippen LogP contribution >= 0.6 is 0 Å². The number of benzene rings is 2. The number of rotatable bonds is 2. The average molecular weight is 343 g/mol. The molecule has 1 aromatic heterocycles. The van der Waals surface area contributed by atoms with Gasteiger partial charge in [0.05, 0.1) is 5.56 Å². The minimum Gasteiger partial charge on any atom is -0.201 e. The molecule has 0 fully saturated rings. The normalized spacial score (nSPS) is 14.4. The minimum atomic E-state index is 0.0127. The molecular weight excluding hydrogens is 314 g/mol. The van der Waals surface area contributed by atoms with E-state index in [1.807, 2.05) is 0 Å². The third-order valence-electron chi connectivity index (χ3n) is 5.96. The Morgan fingerprint density at radius 2 is 1.62 bits per heavy atom. The molecule has 2 aromatic carbocycles. The monoisotopic (exact) mass is 342 g/mol. The molecule has 0 spiro atoms. The first kappa shape index (κ1) is 17.0. The molecule has 26 heavy (non-hydrogen) atoms. The van der Waals surface area contributed by atoms with Gasteiger partial charge in [-0.25, -0.2) is 4.57 Å². The van der Waals surface area contributed by atoms with Crippen LogP contribution in [0.25, 0.3) is 22.4 Å². The van der Waals surface area contributed by atoms with Crippen LogP contribution in [0.1, 0.15) is 55.9 Å². The van der Waals surface area contributed by atoms with Crippen molar-refractivity contribution in [3.8, 4) is 22.4 Å². The van der Waals surface area contributed by atoms with E-state index in [1.165, 1.54) is 44.6 Å². The summed E-state index contributed by atoms with van der Waals surface area (Å²) in [5, 5.41) is 0. The molecule has 0 saturated carbocycles. The largest absolute Gasteiger partial charge is 0.217 e. The van der Waals surface area contributed by atoms with Crippen molar-refractivity contribution >= 4 is 0 Å². The number of hydrogen-bond donors (Lipinski definition) is 0. The highest BCUT2D eigenvalue weighted by Crippen LogP contribution is 2.51. The summed E-state index contributed by atoms with van der Waals surface area (Å²) >= 11 is 0. The van der Waals surface area contributed by atoms with Crippen molar-refractivity contribution in [3.63, 3.8) is 0 Å². The Morgan fingerprint density at radius 3 is 2.27 bits per heavy atom. The number of hydrogen-bond acceptors (Lipinski definition) is 0. The van der Waals surface area contributed by atoms with Gasteiger partial charge < -0.3 is 0 Å². The molecule has 1 heterocycles. The second-order valence-corrected chi connectivity index (χ2v) is 8.47. The van der Waals surface area contributed by atoms with Gasteiger partial charge in [-0.3, -0.25) is 0 Å². The maximum atomic E-state index is 2.42. The molecule has 1 heteroatoms. The zero-order valence-corrected chi connectivity index (χ0v) is 16.7. The van der Waals surface area contributed by atoms with Gasteiger partial charge in [0.1, 0.15) is 7.05 Å². The van der Waals surface area contributed by atoms with E-state index in [1.54, 1.807) is 0 Å². The van der Waals surface area contributed by atoms with Gasteiger partial charge in [0.15, 0.2) is 6.20 Å². The first-order valence-electron chi connectivity index (χ1n) is 9.56. The molecule has 1 aliphatic rings. The van der Waals surface area contributed by atoms with Crippen molar-refractivity contribution in [2.24, 2.45) is 7.05 Å². The maximum Gasteiger partial charge on any atom is 0.217 e. The van der Waals surface area contributed by atoms with Gasteiger partial charge in [0.2, 0.25) is 5.69 Å². The fourth-order valence-corrected chi connectivity index (χ4v) is 4.63. The smallest absolute Gasteiger partial charge is 0.201 e. The number of pyridine rings is 1. The van der Waals surface area contributed by atoms with E-state index in [-0.39, 0.29) is 5.41 Å². The molecule has 0 unspecified atom stereocenters. The van der Waals surface area contributed by atoms with Gasteiger partial charge in [-0.2, -0.15) is 0 Å². The Bertz CT molecular complexity index is 994. The highest BCUT2D eigenvalue weighted by Gasteiger charge is 2.44. The molecule has 0 bridgehead atoms. The fraction of sp³-hybridized carbons (Fsp3) is 0.320. The van der Waals surface area contributed by atoms with Gasteiger partial charge in [-0.05, 0) is 46.7 Å². The van der Waals surface area contributed by atoms with Crippen molar-refractivity contribution in [2.75, 3.05) is 0 Å². The van der Waals surface area contributed by atoms with Gasteiger partial charge in [0.25, 0.3) is 0 Å². The van der Waals surface area contributed by atoms with Crippen molar-refractivity contribution < 1.29 is 4.57 Å². The predicted octanol–water partition coefficient (Wildman–Crippen LogP) is 5.92. The summed E-state index contributed by atoms with van der Waals surface area (Å²) in [4.78, 5) is 0. The van der Waals surface area contributed by atoms with Gasteiger partial charge in [0, 0.05) is 17.0 Å². The first-order valence-corrected chi connectivity index (χ1v) is 9.56. The highest BCUT2D eigenvalue weighted by molar-refractivity contribution is 5.83. The lowest BCUT2D eigenvalue weighted by atomic mass is 9.78. The zero-order valence-electron chi connectivity index (χ0n) is 16.7. The first-order chi connectivity index (χ1) is 12.3. The van der Waals surface area contributed by atoms with Gasteiger partial charge >= 0.3 is 0 Å². The Hall–Kier alpha value is -2.41. The lowest BCUT2D eigenvalue weighted by Gasteiger charge is -2.24. The second-order valence-electron chi connectivity index (χ2n) is 8.47. The van der Waals surface area contributed by atoms with E-state index in [0.717, 1.165) is 0 Å². The summed E-state index contributed by atoms with van der Waals surface area (Å²) in [6, 6.07) is 17.8. The molecule has 0 atom stereocenters. The highest BCUT2D eigenvalue weighted by atomic mass is 14.9. The van der Waals surface area contributed by atoms with Crippen molar-refractivity contribution in [1.29, 1.82) is 0 Å². The fourth-order valence-electron chi connectivity index (χ4n) is 4.63. The molecule has 0 aliphatic heterocycles. The van der Waals surface area contributed by atoms with Crippen LogP contribution in [-0.2, 0) is 12.5 Å². The summed E-state index contributed by atoms with van der Waals surface area (Å²) < 4.78 is 2.31. The van der Waals surface area contributed by atoms with E-state index >= 15 is 0 Å². The van der Waals surface area contributed by atoms with Crippen LogP contribution in [0.2, 0.25) is 0 Å². The maximum absolute atomic E-state index is 2.42. The van der Waals surface area contributed by atoms with E-state index in [9.17, 15) is 0 Å². The van der Waals surface area contributed by atoms with Gasteiger partial charge in [-0.1, -0.05) is 64.1 Å². The zero-order chi connectivity index (χ0) is 18.6. The summed E-state index contributed by atoms with van der Waals surface area (Å²) in [5.41, 5.74) is 11.2. The molecule has 1 nitrogen and oxygen atoms in total. The van der Waals surface area contributed by atoms with Crippen molar-refractivity contribution in [3.05, 3.63) is 77.0 Å². The molecule has 132 valence electrons. The summed E-state index contributed by atoms with van der Waals surface area (Å²) in [6.07, 6.45) is 2.23. The number of aromatic nitrogens is 1. The molecule has 3 aromatic rings. The Balaban J connectivity index is 2.04. The van der Waals surface area contributed by atoms with E-state index in [2.05, 4.69) is 101 Å². The lowest BCUT2D eigenvalue weighted by Crippen LogP contribution is -2.33. The molecule has 0 N–H and O–H groups in total. The standard InChI is InChI=1S/C25H28N/c1-16(2)20-12-13-26(6)24-22-17(3)14-19(18-10-8-7-9-11-18)15-21(22)25(4,5)23(20)24/h7-16H,1-6H3/q+1. The third kappa shape index (κ3) is 2.34. The molecule has 0 amide bonds. The average Bonchev–Trinajstić information content (AvgIpc) is 2.85. The van der Waals surface area contributed by atoms with E-state index in [4.69, 9.17) is 0 Å². The summed E-state index contributed by atoms with van der Waals surface area (Å²) in [6.45, 7) is 11.6.